The lowest BCUT2D eigenvalue weighted by Crippen LogP contribution is -2.33. The van der Waals surface area contributed by atoms with Gasteiger partial charge in [-0.1, -0.05) is 0 Å². The zero-order valence-electron chi connectivity index (χ0n) is 9.38. The number of carbonyl (C=O) groups is 2. The van der Waals surface area contributed by atoms with E-state index in [0.29, 0.717) is 19.5 Å². The van der Waals surface area contributed by atoms with E-state index in [9.17, 15) is 9.59 Å². The first kappa shape index (κ1) is 12.0. The molecule has 5 nitrogen and oxygen atoms in total. The number of hydrogen-bond acceptors (Lipinski definition) is 3. The van der Waals surface area contributed by atoms with Gasteiger partial charge in [0.05, 0.1) is 5.92 Å². The summed E-state index contributed by atoms with van der Waals surface area (Å²) in [6.45, 7) is 2.13. The van der Waals surface area contributed by atoms with Crippen LogP contribution in [0.2, 0.25) is 0 Å². The van der Waals surface area contributed by atoms with Crippen LogP contribution in [0.5, 0.6) is 0 Å². The van der Waals surface area contributed by atoms with Crippen LogP contribution in [-0.2, 0) is 9.59 Å². The lowest BCUT2D eigenvalue weighted by atomic mass is 10.1. The third kappa shape index (κ3) is 4.29. The highest BCUT2D eigenvalue weighted by molar-refractivity contribution is 5.89. The summed E-state index contributed by atoms with van der Waals surface area (Å²) < 4.78 is 0. The fourth-order valence-electron chi connectivity index (χ4n) is 1.54. The number of amides is 2. The highest BCUT2D eigenvalue weighted by atomic mass is 16.2. The molecule has 15 heavy (non-hydrogen) atoms. The average Bonchev–Trinajstić information content (AvgIpc) is 2.59. The van der Waals surface area contributed by atoms with E-state index in [4.69, 9.17) is 0 Å². The van der Waals surface area contributed by atoms with Gasteiger partial charge in [0.1, 0.15) is 0 Å². The van der Waals surface area contributed by atoms with Crippen molar-refractivity contribution in [2.45, 2.75) is 12.8 Å². The third-order valence-electron chi connectivity index (χ3n) is 2.43. The summed E-state index contributed by atoms with van der Waals surface area (Å²) in [7, 11) is 4.00. The molecule has 1 atom stereocenters. The van der Waals surface area contributed by atoms with E-state index in [-0.39, 0.29) is 17.7 Å². The van der Waals surface area contributed by atoms with Gasteiger partial charge in [0.25, 0.3) is 0 Å². The first-order valence-corrected chi connectivity index (χ1v) is 5.28. The van der Waals surface area contributed by atoms with Crippen LogP contribution in [0.4, 0.5) is 0 Å². The molecule has 0 aromatic heterocycles. The summed E-state index contributed by atoms with van der Waals surface area (Å²) in [5.74, 6) is -0.201. The molecule has 0 aromatic carbocycles. The predicted octanol–water partition coefficient (Wildman–Crippen LogP) is -0.810. The van der Waals surface area contributed by atoms with Gasteiger partial charge in [0, 0.05) is 19.5 Å². The second-order valence-electron chi connectivity index (χ2n) is 4.15. The van der Waals surface area contributed by atoms with Crippen LogP contribution in [0.1, 0.15) is 12.8 Å². The minimum atomic E-state index is -0.170. The van der Waals surface area contributed by atoms with E-state index in [1.807, 2.05) is 14.1 Å². The minimum Gasteiger partial charge on any atom is -0.356 e. The van der Waals surface area contributed by atoms with Crippen molar-refractivity contribution in [3.63, 3.8) is 0 Å². The molecule has 0 aliphatic carbocycles. The Bertz CT molecular complexity index is 241. The molecule has 1 aliphatic rings. The second kappa shape index (κ2) is 5.70. The van der Waals surface area contributed by atoms with Gasteiger partial charge in [-0.15, -0.1) is 0 Å². The second-order valence-corrected chi connectivity index (χ2v) is 4.15. The van der Waals surface area contributed by atoms with Crippen molar-refractivity contribution in [1.82, 2.24) is 15.5 Å². The molecule has 2 N–H and O–H groups in total. The van der Waals surface area contributed by atoms with Crippen LogP contribution in [-0.4, -0.2) is 50.4 Å². The van der Waals surface area contributed by atoms with Gasteiger partial charge in [0.2, 0.25) is 11.8 Å². The molecule has 5 heteroatoms. The lowest BCUT2D eigenvalue weighted by molar-refractivity contribution is -0.126. The van der Waals surface area contributed by atoms with Crippen LogP contribution in [0.25, 0.3) is 0 Å². The standard InChI is InChI=1S/C10H19N3O2/c1-13(2)5-3-4-11-10(15)8-6-9(14)12-7-8/h8H,3-7H2,1-2H3,(H,11,15)(H,12,14). The van der Waals surface area contributed by atoms with Crippen molar-refractivity contribution in [3.8, 4) is 0 Å². The Morgan fingerprint density at radius 2 is 2.33 bits per heavy atom. The molecule has 0 radical (unpaired) electrons. The van der Waals surface area contributed by atoms with E-state index in [2.05, 4.69) is 15.5 Å². The predicted molar refractivity (Wildman–Crippen MR) is 57.3 cm³/mol. The van der Waals surface area contributed by atoms with Crippen LogP contribution in [0.15, 0.2) is 0 Å². The highest BCUT2D eigenvalue weighted by Crippen LogP contribution is 2.08. The first-order chi connectivity index (χ1) is 7.09. The molecule has 1 unspecified atom stereocenters. The first-order valence-electron chi connectivity index (χ1n) is 5.28. The smallest absolute Gasteiger partial charge is 0.225 e. The SMILES string of the molecule is CN(C)CCCNC(=O)C1CNC(=O)C1. The van der Waals surface area contributed by atoms with Gasteiger partial charge in [0.15, 0.2) is 0 Å². The summed E-state index contributed by atoms with van der Waals surface area (Å²) in [5.41, 5.74) is 0. The van der Waals surface area contributed by atoms with Crippen molar-refractivity contribution in [1.29, 1.82) is 0 Å². The Balaban J connectivity index is 2.11. The molecule has 1 heterocycles. The van der Waals surface area contributed by atoms with Crippen molar-refractivity contribution in [2.24, 2.45) is 5.92 Å². The molecule has 0 spiro atoms. The topological polar surface area (TPSA) is 61.4 Å². The number of hydrogen-bond donors (Lipinski definition) is 2. The van der Waals surface area contributed by atoms with Crippen molar-refractivity contribution >= 4 is 11.8 Å². The van der Waals surface area contributed by atoms with E-state index < -0.39 is 0 Å². The molecule has 1 rings (SSSR count). The maximum atomic E-state index is 11.5. The quantitative estimate of drug-likeness (QED) is 0.587. The van der Waals surface area contributed by atoms with Gasteiger partial charge < -0.3 is 15.5 Å². The zero-order chi connectivity index (χ0) is 11.3. The van der Waals surface area contributed by atoms with Gasteiger partial charge in [-0.2, -0.15) is 0 Å². The molecule has 0 saturated carbocycles. The summed E-state index contributed by atoms with van der Waals surface area (Å²) in [4.78, 5) is 24.5. The molecular formula is C10H19N3O2. The summed E-state index contributed by atoms with van der Waals surface area (Å²) in [5, 5.41) is 5.49. The van der Waals surface area contributed by atoms with Gasteiger partial charge in [-0.05, 0) is 27.1 Å². The molecule has 1 aliphatic heterocycles. The van der Waals surface area contributed by atoms with Gasteiger partial charge >= 0.3 is 0 Å². The number of nitrogens with one attached hydrogen (secondary N) is 2. The van der Waals surface area contributed by atoms with Gasteiger partial charge in [-0.25, -0.2) is 0 Å². The summed E-state index contributed by atoms with van der Waals surface area (Å²) >= 11 is 0. The maximum Gasteiger partial charge on any atom is 0.225 e. The van der Waals surface area contributed by atoms with Crippen molar-refractivity contribution in [3.05, 3.63) is 0 Å². The minimum absolute atomic E-state index is 0.00731. The van der Waals surface area contributed by atoms with Crippen LogP contribution >= 0.6 is 0 Å². The number of carbonyl (C=O) groups excluding carboxylic acids is 2. The molecule has 86 valence electrons. The Morgan fingerprint density at radius 1 is 1.60 bits per heavy atom. The molecule has 2 amide bonds. The Kier molecular flexibility index (Phi) is 4.55. The maximum absolute atomic E-state index is 11.5. The monoisotopic (exact) mass is 213 g/mol. The number of rotatable bonds is 5. The molecular weight excluding hydrogens is 194 g/mol. The molecule has 0 aromatic rings. The fraction of sp³-hybridized carbons (Fsp3) is 0.800. The molecule has 1 fully saturated rings. The Morgan fingerprint density at radius 3 is 2.87 bits per heavy atom. The molecule has 1 saturated heterocycles. The number of nitrogens with zero attached hydrogens (tertiary/aromatic N) is 1. The van der Waals surface area contributed by atoms with Crippen LogP contribution in [0, 0.1) is 5.92 Å². The van der Waals surface area contributed by atoms with E-state index in [1.54, 1.807) is 0 Å². The molecule has 0 bridgehead atoms. The van der Waals surface area contributed by atoms with E-state index in [0.717, 1.165) is 13.0 Å². The zero-order valence-corrected chi connectivity index (χ0v) is 9.38. The summed E-state index contributed by atoms with van der Waals surface area (Å²) in [6, 6.07) is 0. The summed E-state index contributed by atoms with van der Waals surface area (Å²) in [6.07, 6.45) is 1.27. The Labute approximate surface area is 90.2 Å². The van der Waals surface area contributed by atoms with E-state index >= 15 is 0 Å². The van der Waals surface area contributed by atoms with E-state index in [1.165, 1.54) is 0 Å². The normalized spacial score (nSPS) is 20.5. The third-order valence-corrected chi connectivity index (χ3v) is 2.43. The fourth-order valence-corrected chi connectivity index (χ4v) is 1.54. The Hall–Kier alpha value is -1.10. The lowest BCUT2D eigenvalue weighted by Gasteiger charge is -2.11. The van der Waals surface area contributed by atoms with Crippen LogP contribution in [0.3, 0.4) is 0 Å². The van der Waals surface area contributed by atoms with Gasteiger partial charge in [-0.3, -0.25) is 9.59 Å². The van der Waals surface area contributed by atoms with Crippen molar-refractivity contribution < 1.29 is 9.59 Å². The highest BCUT2D eigenvalue weighted by Gasteiger charge is 2.27. The van der Waals surface area contributed by atoms with Crippen LogP contribution < -0.4 is 10.6 Å². The average molecular weight is 213 g/mol. The van der Waals surface area contributed by atoms with Crippen molar-refractivity contribution in [2.75, 3.05) is 33.7 Å². The largest absolute Gasteiger partial charge is 0.356 e.